The molecule has 0 aromatic heterocycles. The number of guanidine groups is 1. The van der Waals surface area contributed by atoms with Gasteiger partial charge in [-0.2, -0.15) is 0 Å². The Labute approximate surface area is 139 Å². The molecule has 7 heteroatoms. The molecular formula is C15H22BrN3O3. The lowest BCUT2D eigenvalue weighted by molar-refractivity contribution is 0.152. The first-order chi connectivity index (χ1) is 10.7. The molecule has 2 N–H and O–H groups in total. The molecule has 0 unspecified atom stereocenters. The number of rotatable bonds is 7. The van der Waals surface area contributed by atoms with Gasteiger partial charge in [-0.3, -0.25) is 0 Å². The summed E-state index contributed by atoms with van der Waals surface area (Å²) in [5.74, 6) is 2.29. The Morgan fingerprint density at radius 2 is 2.18 bits per heavy atom. The van der Waals surface area contributed by atoms with Crippen molar-refractivity contribution in [1.29, 1.82) is 0 Å². The lowest BCUT2D eigenvalue weighted by atomic mass is 10.2. The van der Waals surface area contributed by atoms with E-state index in [0.29, 0.717) is 13.2 Å². The molecule has 1 aromatic carbocycles. The number of benzene rings is 1. The number of nitrogens with zero attached hydrogens (tertiary/aromatic N) is 1. The molecule has 0 spiro atoms. The van der Waals surface area contributed by atoms with E-state index in [9.17, 15) is 0 Å². The predicted octanol–water partition coefficient (Wildman–Crippen LogP) is 2.27. The third-order valence-electron chi connectivity index (χ3n) is 2.99. The van der Waals surface area contributed by atoms with Crippen molar-refractivity contribution in [3.05, 3.63) is 22.2 Å². The van der Waals surface area contributed by atoms with Crippen LogP contribution >= 0.6 is 15.9 Å². The highest BCUT2D eigenvalue weighted by Gasteiger charge is 2.17. The van der Waals surface area contributed by atoms with Crippen LogP contribution in [0.5, 0.6) is 11.5 Å². The third kappa shape index (κ3) is 4.78. The fourth-order valence-corrected chi connectivity index (χ4v) is 2.61. The highest BCUT2D eigenvalue weighted by molar-refractivity contribution is 9.10. The molecule has 1 aromatic rings. The zero-order valence-electron chi connectivity index (χ0n) is 12.9. The summed E-state index contributed by atoms with van der Waals surface area (Å²) < 4.78 is 17.0. The van der Waals surface area contributed by atoms with Gasteiger partial charge in [-0.15, -0.1) is 0 Å². The molecule has 122 valence electrons. The molecule has 0 atom stereocenters. The molecule has 1 aliphatic heterocycles. The Hall–Kier alpha value is -1.47. The number of ether oxygens (including phenoxy) is 3. The van der Waals surface area contributed by atoms with Gasteiger partial charge in [0.1, 0.15) is 0 Å². The minimum Gasteiger partial charge on any atom is -0.454 e. The van der Waals surface area contributed by atoms with Crippen LogP contribution in [0.25, 0.3) is 0 Å². The molecule has 0 radical (unpaired) electrons. The number of hydrogen-bond acceptors (Lipinski definition) is 4. The quantitative estimate of drug-likeness (QED) is 0.437. The number of aliphatic imine (C=N–C) groups is 1. The van der Waals surface area contributed by atoms with Gasteiger partial charge in [0.05, 0.1) is 17.6 Å². The fourth-order valence-electron chi connectivity index (χ4n) is 2.01. The molecule has 0 bridgehead atoms. The number of halogens is 1. The van der Waals surface area contributed by atoms with Gasteiger partial charge >= 0.3 is 0 Å². The summed E-state index contributed by atoms with van der Waals surface area (Å²) in [5.41, 5.74) is 1.05. The monoisotopic (exact) mass is 371 g/mol. The molecule has 1 aliphatic rings. The maximum absolute atomic E-state index is 5.42. The number of nitrogens with one attached hydrogen (secondary N) is 2. The highest BCUT2D eigenvalue weighted by atomic mass is 79.9. The van der Waals surface area contributed by atoms with Crippen molar-refractivity contribution in [2.45, 2.75) is 20.4 Å². The lowest BCUT2D eigenvalue weighted by Crippen LogP contribution is -2.39. The van der Waals surface area contributed by atoms with E-state index in [4.69, 9.17) is 14.2 Å². The summed E-state index contributed by atoms with van der Waals surface area (Å²) in [4.78, 5) is 4.57. The Morgan fingerprint density at radius 3 is 2.95 bits per heavy atom. The van der Waals surface area contributed by atoms with Crippen LogP contribution < -0.4 is 20.1 Å². The normalized spacial score (nSPS) is 13.3. The van der Waals surface area contributed by atoms with E-state index in [1.54, 1.807) is 0 Å². The minimum absolute atomic E-state index is 0.266. The summed E-state index contributed by atoms with van der Waals surface area (Å²) >= 11 is 3.49. The standard InChI is InChI=1S/C15H22BrN3O3/c1-3-17-15(18-5-6-20-4-2)19-9-11-7-12(16)14-13(8-11)21-10-22-14/h7-8H,3-6,9-10H2,1-2H3,(H2,17,18,19). The molecule has 0 saturated carbocycles. The summed E-state index contributed by atoms with van der Waals surface area (Å²) in [6.07, 6.45) is 0. The Morgan fingerprint density at radius 1 is 1.32 bits per heavy atom. The van der Waals surface area contributed by atoms with E-state index in [-0.39, 0.29) is 6.79 Å². The van der Waals surface area contributed by atoms with Crippen molar-refractivity contribution in [3.63, 3.8) is 0 Å². The molecule has 0 aliphatic carbocycles. The van der Waals surface area contributed by atoms with E-state index < -0.39 is 0 Å². The first kappa shape index (κ1) is 16.9. The van der Waals surface area contributed by atoms with Crippen molar-refractivity contribution in [1.82, 2.24) is 10.6 Å². The van der Waals surface area contributed by atoms with Crippen molar-refractivity contribution in [3.8, 4) is 11.5 Å². The van der Waals surface area contributed by atoms with Crippen LogP contribution in [0.3, 0.4) is 0 Å². The molecule has 0 saturated heterocycles. The van der Waals surface area contributed by atoms with Gasteiger partial charge in [0.2, 0.25) is 6.79 Å². The van der Waals surface area contributed by atoms with E-state index in [2.05, 4.69) is 31.6 Å². The maximum atomic E-state index is 5.42. The largest absolute Gasteiger partial charge is 0.454 e. The molecular weight excluding hydrogens is 350 g/mol. The van der Waals surface area contributed by atoms with E-state index in [0.717, 1.165) is 47.2 Å². The molecule has 1 heterocycles. The second kappa shape index (κ2) is 8.85. The third-order valence-corrected chi connectivity index (χ3v) is 3.58. The van der Waals surface area contributed by atoms with Crippen LogP contribution in [0.1, 0.15) is 19.4 Å². The zero-order valence-corrected chi connectivity index (χ0v) is 14.5. The highest BCUT2D eigenvalue weighted by Crippen LogP contribution is 2.40. The smallest absolute Gasteiger partial charge is 0.231 e. The fraction of sp³-hybridized carbons (Fsp3) is 0.533. The van der Waals surface area contributed by atoms with Gasteiger partial charge in [0.15, 0.2) is 17.5 Å². The van der Waals surface area contributed by atoms with Gasteiger partial charge in [0, 0.05) is 19.7 Å². The Bertz CT molecular complexity index is 523. The van der Waals surface area contributed by atoms with Gasteiger partial charge in [-0.25, -0.2) is 4.99 Å². The van der Waals surface area contributed by atoms with Crippen LogP contribution in [0.2, 0.25) is 0 Å². The number of fused-ring (bicyclic) bond motifs is 1. The van der Waals surface area contributed by atoms with Gasteiger partial charge in [-0.1, -0.05) is 0 Å². The first-order valence-corrected chi connectivity index (χ1v) is 8.21. The van der Waals surface area contributed by atoms with Crippen molar-refractivity contribution < 1.29 is 14.2 Å². The van der Waals surface area contributed by atoms with E-state index >= 15 is 0 Å². The van der Waals surface area contributed by atoms with E-state index in [1.807, 2.05) is 26.0 Å². The van der Waals surface area contributed by atoms with Crippen LogP contribution in [0.4, 0.5) is 0 Å². The first-order valence-electron chi connectivity index (χ1n) is 7.42. The van der Waals surface area contributed by atoms with E-state index in [1.165, 1.54) is 0 Å². The Balaban J connectivity index is 1.96. The predicted molar refractivity (Wildman–Crippen MR) is 89.6 cm³/mol. The van der Waals surface area contributed by atoms with Crippen molar-refractivity contribution >= 4 is 21.9 Å². The summed E-state index contributed by atoms with van der Waals surface area (Å²) in [6, 6.07) is 3.96. The molecule has 2 rings (SSSR count). The van der Waals surface area contributed by atoms with Crippen molar-refractivity contribution in [2.75, 3.05) is 33.1 Å². The molecule has 6 nitrogen and oxygen atoms in total. The number of hydrogen-bond donors (Lipinski definition) is 2. The maximum Gasteiger partial charge on any atom is 0.231 e. The summed E-state index contributed by atoms with van der Waals surface area (Å²) in [6.45, 7) is 7.77. The summed E-state index contributed by atoms with van der Waals surface area (Å²) in [7, 11) is 0. The molecule has 0 fully saturated rings. The molecule has 0 amide bonds. The second-order valence-electron chi connectivity index (χ2n) is 4.63. The summed E-state index contributed by atoms with van der Waals surface area (Å²) in [5, 5.41) is 6.45. The minimum atomic E-state index is 0.266. The average molecular weight is 372 g/mol. The lowest BCUT2D eigenvalue weighted by Gasteiger charge is -2.11. The van der Waals surface area contributed by atoms with Gasteiger partial charge < -0.3 is 24.8 Å². The molecule has 22 heavy (non-hydrogen) atoms. The SMILES string of the molecule is CCNC(=NCc1cc(Br)c2c(c1)OCO2)NCCOCC. The van der Waals surface area contributed by atoms with Crippen molar-refractivity contribution in [2.24, 2.45) is 4.99 Å². The van der Waals surface area contributed by atoms with Crippen LogP contribution in [-0.4, -0.2) is 39.1 Å². The van der Waals surface area contributed by atoms with Gasteiger partial charge in [0.25, 0.3) is 0 Å². The van der Waals surface area contributed by atoms with Crippen LogP contribution in [0, 0.1) is 0 Å². The second-order valence-corrected chi connectivity index (χ2v) is 5.48. The topological polar surface area (TPSA) is 64.1 Å². The van der Waals surface area contributed by atoms with Gasteiger partial charge in [-0.05, 0) is 47.5 Å². The van der Waals surface area contributed by atoms with Crippen LogP contribution in [0.15, 0.2) is 21.6 Å². The average Bonchev–Trinajstić information content (AvgIpc) is 2.98. The van der Waals surface area contributed by atoms with Crippen LogP contribution in [-0.2, 0) is 11.3 Å². The zero-order chi connectivity index (χ0) is 15.8. The Kier molecular flexibility index (Phi) is 6.79.